The number of methoxy groups -OCH3 is 1. The van der Waals surface area contributed by atoms with Gasteiger partial charge in [0.05, 0.1) is 12.6 Å². The Bertz CT molecular complexity index is 290. The number of amides is 1. The van der Waals surface area contributed by atoms with E-state index < -0.39 is 0 Å². The molecule has 0 spiro atoms. The van der Waals surface area contributed by atoms with E-state index >= 15 is 0 Å². The number of ether oxygens (including phenoxy) is 1. The van der Waals surface area contributed by atoms with Gasteiger partial charge in [-0.2, -0.15) is 0 Å². The Morgan fingerprint density at radius 3 is 2.58 bits per heavy atom. The number of rotatable bonds is 5. The van der Waals surface area contributed by atoms with E-state index in [0.29, 0.717) is 24.7 Å². The molecule has 2 unspecified atom stereocenters. The third-order valence-electron chi connectivity index (χ3n) is 4.42. The van der Waals surface area contributed by atoms with E-state index in [1.165, 1.54) is 25.7 Å². The molecule has 19 heavy (non-hydrogen) atoms. The van der Waals surface area contributed by atoms with Crippen LogP contribution in [0.2, 0.25) is 0 Å². The third-order valence-corrected chi connectivity index (χ3v) is 4.42. The monoisotopic (exact) mass is 269 g/mol. The Morgan fingerprint density at radius 1 is 1.26 bits per heavy atom. The zero-order valence-electron chi connectivity index (χ0n) is 11.9. The molecule has 2 rings (SSSR count). The van der Waals surface area contributed by atoms with E-state index in [9.17, 15) is 4.79 Å². The predicted molar refractivity (Wildman–Crippen MR) is 74.8 cm³/mol. The number of carbonyl (C=O) groups excluding carboxylic acids is 1. The Kier molecular flexibility index (Phi) is 5.60. The van der Waals surface area contributed by atoms with Crippen LogP contribution >= 0.6 is 0 Å². The second-order valence-electron chi connectivity index (χ2n) is 5.85. The number of likely N-dealkylation sites (tertiary alicyclic amines) is 1. The first-order valence-corrected chi connectivity index (χ1v) is 7.48. The first-order valence-electron chi connectivity index (χ1n) is 7.48. The van der Waals surface area contributed by atoms with Crippen LogP contribution in [-0.2, 0) is 9.53 Å². The zero-order chi connectivity index (χ0) is 13.7. The van der Waals surface area contributed by atoms with Crippen molar-refractivity contribution in [1.82, 2.24) is 10.2 Å². The van der Waals surface area contributed by atoms with Crippen LogP contribution in [-0.4, -0.2) is 55.7 Å². The second kappa shape index (κ2) is 7.22. The summed E-state index contributed by atoms with van der Waals surface area (Å²) in [5.74, 6) is -0.224. The molecule has 3 N–H and O–H groups in total. The molecule has 2 fully saturated rings. The van der Waals surface area contributed by atoms with Crippen molar-refractivity contribution in [2.24, 2.45) is 5.73 Å². The highest BCUT2D eigenvalue weighted by atomic mass is 16.5. The predicted octanol–water partition coefficient (Wildman–Crippen LogP) is 0.483. The fraction of sp³-hybridized carbons (Fsp3) is 0.929. The quantitative estimate of drug-likeness (QED) is 0.762. The number of nitrogens with two attached hydrogens (primary N) is 1. The molecule has 2 atom stereocenters. The Hall–Kier alpha value is -0.650. The lowest BCUT2D eigenvalue weighted by Gasteiger charge is -2.37. The highest BCUT2D eigenvalue weighted by Crippen LogP contribution is 2.22. The Balaban J connectivity index is 1.73. The Morgan fingerprint density at radius 2 is 1.95 bits per heavy atom. The van der Waals surface area contributed by atoms with Crippen LogP contribution in [0.3, 0.4) is 0 Å². The van der Waals surface area contributed by atoms with Crippen molar-refractivity contribution >= 4 is 5.91 Å². The topological polar surface area (TPSA) is 67.6 Å². The van der Waals surface area contributed by atoms with Crippen LogP contribution in [0.25, 0.3) is 0 Å². The largest absolute Gasteiger partial charge is 0.380 e. The molecule has 0 radical (unpaired) electrons. The van der Waals surface area contributed by atoms with Gasteiger partial charge in [-0.05, 0) is 25.7 Å². The van der Waals surface area contributed by atoms with E-state index in [1.807, 2.05) is 7.11 Å². The number of hydrogen-bond donors (Lipinski definition) is 2. The van der Waals surface area contributed by atoms with E-state index in [0.717, 1.165) is 25.9 Å². The molecule has 0 bridgehead atoms. The SMILES string of the molecule is COC1CCCCC1NC1CCN(CC(N)=O)CC1. The van der Waals surface area contributed by atoms with Crippen molar-refractivity contribution in [3.05, 3.63) is 0 Å². The summed E-state index contributed by atoms with van der Waals surface area (Å²) in [4.78, 5) is 13.0. The smallest absolute Gasteiger partial charge is 0.231 e. The summed E-state index contributed by atoms with van der Waals surface area (Å²) in [7, 11) is 1.82. The van der Waals surface area contributed by atoms with Crippen LogP contribution in [0.4, 0.5) is 0 Å². The lowest BCUT2D eigenvalue weighted by molar-refractivity contribution is -0.119. The minimum absolute atomic E-state index is 0.224. The van der Waals surface area contributed by atoms with Gasteiger partial charge in [-0.15, -0.1) is 0 Å². The summed E-state index contributed by atoms with van der Waals surface area (Å²) >= 11 is 0. The molecule has 1 amide bonds. The summed E-state index contributed by atoms with van der Waals surface area (Å²) in [6.45, 7) is 2.33. The van der Waals surface area contributed by atoms with Crippen molar-refractivity contribution in [1.29, 1.82) is 0 Å². The standard InChI is InChI=1S/C14H27N3O2/c1-19-13-5-3-2-4-12(13)16-11-6-8-17(9-7-11)10-14(15)18/h11-13,16H,2-10H2,1H3,(H2,15,18). The molecule has 0 aromatic carbocycles. The van der Waals surface area contributed by atoms with Gasteiger partial charge in [0.2, 0.25) is 5.91 Å². The van der Waals surface area contributed by atoms with E-state index in [-0.39, 0.29) is 5.91 Å². The average molecular weight is 269 g/mol. The number of hydrogen-bond acceptors (Lipinski definition) is 4. The van der Waals surface area contributed by atoms with Gasteiger partial charge in [0.25, 0.3) is 0 Å². The maximum Gasteiger partial charge on any atom is 0.231 e. The minimum atomic E-state index is -0.224. The normalized spacial score (nSPS) is 30.4. The molecule has 1 aliphatic heterocycles. The van der Waals surface area contributed by atoms with Gasteiger partial charge < -0.3 is 15.8 Å². The van der Waals surface area contributed by atoms with Gasteiger partial charge in [0.1, 0.15) is 0 Å². The van der Waals surface area contributed by atoms with Crippen LogP contribution in [0.1, 0.15) is 38.5 Å². The number of nitrogens with one attached hydrogen (secondary N) is 1. The molecule has 5 heteroatoms. The van der Waals surface area contributed by atoms with Crippen molar-refractivity contribution in [2.75, 3.05) is 26.7 Å². The first-order chi connectivity index (χ1) is 9.19. The molecule has 1 saturated heterocycles. The maximum atomic E-state index is 10.9. The highest BCUT2D eigenvalue weighted by Gasteiger charge is 2.28. The van der Waals surface area contributed by atoms with Crippen LogP contribution in [0.5, 0.6) is 0 Å². The van der Waals surface area contributed by atoms with Crippen molar-refractivity contribution < 1.29 is 9.53 Å². The van der Waals surface area contributed by atoms with Crippen LogP contribution in [0.15, 0.2) is 0 Å². The molecule has 110 valence electrons. The van der Waals surface area contributed by atoms with Crippen molar-refractivity contribution in [3.63, 3.8) is 0 Å². The summed E-state index contributed by atoms with van der Waals surface area (Å²) in [6, 6.07) is 1.07. The lowest BCUT2D eigenvalue weighted by Crippen LogP contribution is -2.52. The van der Waals surface area contributed by atoms with E-state index in [2.05, 4.69) is 10.2 Å². The summed E-state index contributed by atoms with van der Waals surface area (Å²) in [5, 5.41) is 3.76. The first kappa shape index (κ1) is 14.8. The van der Waals surface area contributed by atoms with Gasteiger partial charge in [0.15, 0.2) is 0 Å². The molecular formula is C14H27N3O2. The van der Waals surface area contributed by atoms with Gasteiger partial charge >= 0.3 is 0 Å². The molecule has 1 heterocycles. The number of piperidine rings is 1. The Labute approximate surface area is 115 Å². The van der Waals surface area contributed by atoms with Crippen LogP contribution in [0, 0.1) is 0 Å². The summed E-state index contributed by atoms with van der Waals surface area (Å²) < 4.78 is 5.58. The number of carbonyl (C=O) groups is 1. The zero-order valence-corrected chi connectivity index (χ0v) is 11.9. The third kappa shape index (κ3) is 4.44. The van der Waals surface area contributed by atoms with Crippen LogP contribution < -0.4 is 11.1 Å². The molecule has 1 aliphatic carbocycles. The number of nitrogens with zero attached hydrogens (tertiary/aromatic N) is 1. The lowest BCUT2D eigenvalue weighted by atomic mass is 9.91. The molecule has 5 nitrogen and oxygen atoms in total. The van der Waals surface area contributed by atoms with Crippen molar-refractivity contribution in [3.8, 4) is 0 Å². The van der Waals surface area contributed by atoms with Gasteiger partial charge in [-0.25, -0.2) is 0 Å². The van der Waals surface area contributed by atoms with E-state index in [4.69, 9.17) is 10.5 Å². The fourth-order valence-corrected chi connectivity index (χ4v) is 3.35. The van der Waals surface area contributed by atoms with Crippen molar-refractivity contribution in [2.45, 2.75) is 56.7 Å². The average Bonchev–Trinajstić information content (AvgIpc) is 2.41. The minimum Gasteiger partial charge on any atom is -0.380 e. The molecule has 0 aromatic rings. The number of primary amides is 1. The van der Waals surface area contributed by atoms with Gasteiger partial charge in [-0.1, -0.05) is 12.8 Å². The van der Waals surface area contributed by atoms with Gasteiger partial charge in [-0.3, -0.25) is 9.69 Å². The molecule has 0 aromatic heterocycles. The highest BCUT2D eigenvalue weighted by molar-refractivity contribution is 5.75. The second-order valence-corrected chi connectivity index (χ2v) is 5.85. The van der Waals surface area contributed by atoms with Gasteiger partial charge in [0, 0.05) is 32.3 Å². The fourth-order valence-electron chi connectivity index (χ4n) is 3.35. The summed E-state index contributed by atoms with van der Waals surface area (Å²) in [6.07, 6.45) is 7.55. The molecule has 1 saturated carbocycles. The van der Waals surface area contributed by atoms with E-state index in [1.54, 1.807) is 0 Å². The summed E-state index contributed by atoms with van der Waals surface area (Å²) in [5.41, 5.74) is 5.23. The molecular weight excluding hydrogens is 242 g/mol. The molecule has 2 aliphatic rings. The maximum absolute atomic E-state index is 10.9.